The minimum atomic E-state index is 0.248. The van der Waals surface area contributed by atoms with Crippen molar-refractivity contribution >= 4 is 56.4 Å². The number of allylic oxidation sites excluding steroid dienone is 1. The number of imidazole rings is 3. The quantitative estimate of drug-likeness (QED) is 0.149. The van der Waals surface area contributed by atoms with Crippen molar-refractivity contribution in [3.05, 3.63) is 163 Å². The average Bonchev–Trinajstić information content (AvgIpc) is 4.13. The summed E-state index contributed by atoms with van der Waals surface area (Å²) in [5.41, 5.74) is 10.4. The normalized spacial score (nSPS) is 13.1. The summed E-state index contributed by atoms with van der Waals surface area (Å²) in [6.45, 7) is 5.72. The summed E-state index contributed by atoms with van der Waals surface area (Å²) >= 11 is 0. The Balaban J connectivity index is 1.22. The van der Waals surface area contributed by atoms with E-state index in [0.29, 0.717) is 74.3 Å². The minimum Gasteiger partial charge on any atom is -0.323 e. The predicted molar refractivity (Wildman–Crippen MR) is 244 cm³/mol. The van der Waals surface area contributed by atoms with Crippen LogP contribution in [-0.2, 0) is 0 Å². The number of aromatic nitrogens is 13. The van der Waals surface area contributed by atoms with E-state index in [-0.39, 0.29) is 5.71 Å². The number of rotatable bonds is 7. The van der Waals surface area contributed by atoms with Gasteiger partial charge in [0.15, 0.2) is 40.2 Å². The van der Waals surface area contributed by atoms with Gasteiger partial charge in [0.2, 0.25) is 0 Å². The zero-order chi connectivity index (χ0) is 42.3. The van der Waals surface area contributed by atoms with E-state index in [2.05, 4.69) is 14.5 Å². The highest BCUT2D eigenvalue weighted by atomic mass is 15.5. The Hall–Kier alpha value is -8.85. The number of hydrogen-bond acceptors (Lipinski definition) is 10. The summed E-state index contributed by atoms with van der Waals surface area (Å²) < 4.78 is 9.83. The summed E-state index contributed by atoms with van der Waals surface area (Å²) in [6.07, 6.45) is 5.31. The van der Waals surface area contributed by atoms with Crippen molar-refractivity contribution in [3.63, 3.8) is 0 Å². The van der Waals surface area contributed by atoms with E-state index in [1.54, 1.807) is 25.5 Å². The molecule has 15 heteroatoms. The Morgan fingerprint density at radius 1 is 0.508 bits per heavy atom. The molecule has 0 amide bonds. The van der Waals surface area contributed by atoms with Crippen LogP contribution >= 0.6 is 0 Å². The van der Waals surface area contributed by atoms with Gasteiger partial charge in [0.25, 0.3) is 0 Å². The molecule has 0 bridgehead atoms. The molecule has 0 atom stereocenters. The number of nitrogens with zero attached hydrogens (tertiary/aromatic N) is 13. The lowest BCUT2D eigenvalue weighted by Gasteiger charge is -2.25. The summed E-state index contributed by atoms with van der Waals surface area (Å²) in [5.74, 6) is 3.50. The molecule has 0 saturated heterocycles. The number of benzene rings is 3. The lowest BCUT2D eigenvalue weighted by Crippen LogP contribution is -2.25. The van der Waals surface area contributed by atoms with Crippen molar-refractivity contribution < 1.29 is 0 Å². The number of aryl methyl sites for hydroxylation is 2. The highest BCUT2D eigenvalue weighted by Gasteiger charge is 2.37. The Labute approximate surface area is 358 Å². The van der Waals surface area contributed by atoms with E-state index in [9.17, 15) is 5.41 Å². The molecule has 63 heavy (non-hydrogen) atoms. The molecule has 0 fully saturated rings. The van der Waals surface area contributed by atoms with Crippen molar-refractivity contribution in [2.24, 2.45) is 0 Å². The minimum absolute atomic E-state index is 0.248. The number of nitrogens with one attached hydrogen (secondary N) is 2. The Bertz CT molecular complexity index is 3640. The number of hydrogen-bond donors (Lipinski definition) is 2. The Morgan fingerprint density at radius 2 is 0.952 bits per heavy atom. The van der Waals surface area contributed by atoms with Crippen LogP contribution in [0.1, 0.15) is 24.1 Å². The van der Waals surface area contributed by atoms with Gasteiger partial charge in [0.1, 0.15) is 28.2 Å². The molecule has 0 spiro atoms. The molecule has 15 nitrogen and oxygen atoms in total. The molecule has 2 N–H and O–H groups in total. The van der Waals surface area contributed by atoms with Crippen molar-refractivity contribution in [1.29, 1.82) is 5.41 Å². The van der Waals surface area contributed by atoms with Crippen LogP contribution in [0.2, 0.25) is 0 Å². The van der Waals surface area contributed by atoms with Crippen molar-refractivity contribution in [3.8, 4) is 45.7 Å². The molecular formula is C48H35N15. The van der Waals surface area contributed by atoms with Gasteiger partial charge in [-0.15, -0.1) is 0 Å². The molecule has 8 aromatic heterocycles. The first-order chi connectivity index (χ1) is 30.9. The first kappa shape index (κ1) is 36.0. The fourth-order valence-corrected chi connectivity index (χ4v) is 8.68. The molecule has 3 aromatic carbocycles. The van der Waals surface area contributed by atoms with Crippen LogP contribution in [0.3, 0.4) is 0 Å². The van der Waals surface area contributed by atoms with Gasteiger partial charge >= 0.3 is 0 Å². The molecule has 0 saturated carbocycles. The monoisotopic (exact) mass is 821 g/mol. The van der Waals surface area contributed by atoms with E-state index in [0.717, 1.165) is 39.2 Å². The van der Waals surface area contributed by atoms with Gasteiger partial charge in [0, 0.05) is 41.4 Å². The fourth-order valence-electron chi connectivity index (χ4n) is 8.68. The Kier molecular flexibility index (Phi) is 7.92. The molecule has 0 radical (unpaired) electrons. The molecule has 302 valence electrons. The molecule has 0 unspecified atom stereocenters. The van der Waals surface area contributed by atoms with Crippen LogP contribution in [-0.4, -0.2) is 68.9 Å². The smallest absolute Gasteiger partial charge is 0.172 e. The van der Waals surface area contributed by atoms with Gasteiger partial charge in [-0.05, 0) is 93.6 Å². The number of para-hydroxylation sites is 3. The maximum absolute atomic E-state index is 9.59. The average molecular weight is 822 g/mol. The van der Waals surface area contributed by atoms with E-state index in [4.69, 9.17) is 40.1 Å². The topological polar surface area (TPSA) is 164 Å². The third-order valence-corrected chi connectivity index (χ3v) is 11.3. The largest absolute Gasteiger partial charge is 0.323 e. The second-order valence-corrected chi connectivity index (χ2v) is 15.2. The van der Waals surface area contributed by atoms with Gasteiger partial charge in [-0.3, -0.25) is 13.7 Å². The summed E-state index contributed by atoms with van der Waals surface area (Å²) in [6, 6.07) is 41.6. The summed E-state index contributed by atoms with van der Waals surface area (Å²) in [4.78, 5) is 30.2. The second-order valence-electron chi connectivity index (χ2n) is 15.2. The third kappa shape index (κ3) is 5.42. The van der Waals surface area contributed by atoms with Crippen molar-refractivity contribution in [2.75, 3.05) is 5.32 Å². The first-order valence-corrected chi connectivity index (χ1v) is 20.4. The SMILES string of the molecule is CC(=N)/C(=C1\Nc2c(-c3nc4cccnc4n3-c3ccccc3)c(C)nn2-c2c(-c3nc4cccnc4n3-c3ccccc3)c(C)nn21)c1nc2cccnc2n1-c1ccccc1. The maximum Gasteiger partial charge on any atom is 0.172 e. The fraction of sp³-hybridized carbons (Fsp3) is 0.0625. The van der Waals surface area contributed by atoms with E-state index in [1.807, 2.05) is 155 Å². The van der Waals surface area contributed by atoms with E-state index in [1.165, 1.54) is 0 Å². The lowest BCUT2D eigenvalue weighted by atomic mass is 10.1. The van der Waals surface area contributed by atoms with Crippen LogP contribution in [0.5, 0.6) is 0 Å². The van der Waals surface area contributed by atoms with Gasteiger partial charge in [-0.1, -0.05) is 54.6 Å². The van der Waals surface area contributed by atoms with Crippen molar-refractivity contribution in [2.45, 2.75) is 20.8 Å². The second kappa shape index (κ2) is 13.9. The van der Waals surface area contributed by atoms with Crippen LogP contribution in [0.25, 0.3) is 90.5 Å². The maximum atomic E-state index is 9.59. The van der Waals surface area contributed by atoms with Crippen LogP contribution in [0.15, 0.2) is 146 Å². The van der Waals surface area contributed by atoms with Crippen LogP contribution in [0, 0.1) is 19.3 Å². The van der Waals surface area contributed by atoms with E-state index >= 15 is 0 Å². The molecule has 1 aliphatic rings. The summed E-state index contributed by atoms with van der Waals surface area (Å²) in [7, 11) is 0. The van der Waals surface area contributed by atoms with Crippen LogP contribution < -0.4 is 5.32 Å². The van der Waals surface area contributed by atoms with Gasteiger partial charge < -0.3 is 10.7 Å². The number of anilines is 1. The van der Waals surface area contributed by atoms with Gasteiger partial charge in [-0.2, -0.15) is 19.6 Å². The predicted octanol–water partition coefficient (Wildman–Crippen LogP) is 9.01. The molecule has 11 aromatic rings. The molecular weight excluding hydrogens is 787 g/mol. The first-order valence-electron chi connectivity index (χ1n) is 20.4. The summed E-state index contributed by atoms with van der Waals surface area (Å²) in [5, 5.41) is 24.0. The van der Waals surface area contributed by atoms with Crippen LogP contribution in [0.4, 0.5) is 5.82 Å². The lowest BCUT2D eigenvalue weighted by molar-refractivity contribution is 0.747. The standard InChI is InChI=1S/C48H35N15/c1-28(49)37(43-53-34-22-13-25-50-40(34)59(43)31-16-7-4-8-17-31)46-56-47-38(44-54-35-23-14-26-51-41(35)60(44)32-18-9-5-10-19-32)29(2)57-63(47)48-39(30(3)58-62(46)48)45-55-36-24-15-27-52-42(36)61(45)33-20-11-6-12-21-33/h4-27,49,56H,1-3H3/b46-37-,49-28?. The molecule has 0 aliphatic carbocycles. The molecule has 9 heterocycles. The highest BCUT2D eigenvalue weighted by Crippen LogP contribution is 2.45. The molecule has 12 rings (SSSR count). The zero-order valence-electron chi connectivity index (χ0n) is 34.2. The number of pyridine rings is 3. The van der Waals surface area contributed by atoms with Gasteiger partial charge in [-0.25, -0.2) is 29.9 Å². The number of fused-ring (bicyclic) bond motifs is 6. The highest BCUT2D eigenvalue weighted by molar-refractivity contribution is 6.27. The Morgan fingerprint density at radius 3 is 1.48 bits per heavy atom. The zero-order valence-corrected chi connectivity index (χ0v) is 34.2. The van der Waals surface area contributed by atoms with Gasteiger partial charge in [0.05, 0.1) is 28.1 Å². The van der Waals surface area contributed by atoms with Crippen molar-refractivity contribution in [1.82, 2.24) is 63.2 Å². The third-order valence-electron chi connectivity index (χ3n) is 11.3. The molecule has 1 aliphatic heterocycles. The van der Waals surface area contributed by atoms with E-state index < -0.39 is 0 Å².